The van der Waals surface area contributed by atoms with E-state index >= 15 is 0 Å². The van der Waals surface area contributed by atoms with Crippen molar-refractivity contribution in [2.75, 3.05) is 39.3 Å². The first-order chi connectivity index (χ1) is 13.9. The first-order valence-electron chi connectivity index (χ1n) is 11.0. The summed E-state index contributed by atoms with van der Waals surface area (Å²) in [5, 5.41) is 9.98. The van der Waals surface area contributed by atoms with Gasteiger partial charge in [-0.25, -0.2) is 4.79 Å². The Balaban J connectivity index is 1.22. The van der Waals surface area contributed by atoms with Crippen molar-refractivity contribution in [2.45, 2.75) is 63.7 Å². The summed E-state index contributed by atoms with van der Waals surface area (Å²) in [7, 11) is 0. The summed E-state index contributed by atoms with van der Waals surface area (Å²) in [4.78, 5) is 23.6. The van der Waals surface area contributed by atoms with Crippen LogP contribution in [-0.4, -0.2) is 82.2 Å². The van der Waals surface area contributed by atoms with Crippen LogP contribution in [0, 0.1) is 0 Å². The molecule has 0 spiro atoms. The number of carbonyl (C=O) groups is 1. The lowest BCUT2D eigenvalue weighted by molar-refractivity contribution is 0.0306. The number of aliphatic hydroxyl groups is 1. The highest BCUT2D eigenvalue weighted by molar-refractivity contribution is 5.75. The van der Waals surface area contributed by atoms with Crippen LogP contribution in [0.25, 0.3) is 0 Å². The van der Waals surface area contributed by atoms with Crippen molar-refractivity contribution in [1.29, 1.82) is 0 Å². The molecule has 1 aromatic rings. The molecule has 160 valence electrons. The molecule has 2 amide bonds. The fraction of sp³-hybridized carbons (Fsp3) is 0.727. The fourth-order valence-corrected chi connectivity index (χ4v) is 4.64. The zero-order chi connectivity index (χ0) is 20.4. The van der Waals surface area contributed by atoms with E-state index in [0.717, 1.165) is 38.6 Å². The van der Waals surface area contributed by atoms with Gasteiger partial charge in [-0.05, 0) is 45.2 Å². The fourth-order valence-electron chi connectivity index (χ4n) is 4.64. The van der Waals surface area contributed by atoms with Gasteiger partial charge in [0.05, 0.1) is 25.0 Å². The molecule has 1 aliphatic carbocycles. The van der Waals surface area contributed by atoms with Crippen LogP contribution in [0.1, 0.15) is 51.6 Å². The lowest BCUT2D eigenvalue weighted by Gasteiger charge is -2.41. The number of hydrogen-bond acceptors (Lipinski definition) is 5. The Morgan fingerprint density at radius 1 is 1.07 bits per heavy atom. The van der Waals surface area contributed by atoms with Gasteiger partial charge in [-0.1, -0.05) is 12.8 Å². The third-order valence-electron chi connectivity index (χ3n) is 6.43. The van der Waals surface area contributed by atoms with Gasteiger partial charge in [0.1, 0.15) is 17.5 Å². The van der Waals surface area contributed by atoms with Crippen molar-refractivity contribution in [1.82, 2.24) is 19.7 Å². The summed E-state index contributed by atoms with van der Waals surface area (Å²) < 4.78 is 5.93. The first kappa shape index (κ1) is 20.4. The second kappa shape index (κ2) is 8.48. The Labute approximate surface area is 173 Å². The molecular formula is C22H34N4O3. The Hall–Kier alpha value is -1.86. The zero-order valence-electron chi connectivity index (χ0n) is 17.7. The van der Waals surface area contributed by atoms with Gasteiger partial charge >= 0.3 is 6.03 Å². The Morgan fingerprint density at radius 2 is 1.83 bits per heavy atom. The normalized spacial score (nSPS) is 22.4. The third kappa shape index (κ3) is 4.83. The van der Waals surface area contributed by atoms with E-state index in [0.29, 0.717) is 24.5 Å². The molecule has 29 heavy (non-hydrogen) atoms. The van der Waals surface area contributed by atoms with E-state index in [1.165, 1.54) is 25.7 Å². The Bertz CT molecular complexity index is 691. The summed E-state index contributed by atoms with van der Waals surface area (Å²) in [6.07, 6.45) is 8.08. The van der Waals surface area contributed by atoms with Crippen LogP contribution in [0.2, 0.25) is 0 Å². The quantitative estimate of drug-likeness (QED) is 0.838. The molecular weight excluding hydrogens is 368 g/mol. The van der Waals surface area contributed by atoms with Gasteiger partial charge in [0.25, 0.3) is 0 Å². The van der Waals surface area contributed by atoms with Crippen molar-refractivity contribution in [3.63, 3.8) is 0 Å². The largest absolute Gasteiger partial charge is 0.485 e. The van der Waals surface area contributed by atoms with Crippen LogP contribution < -0.4 is 4.74 Å². The number of rotatable bonds is 4. The number of pyridine rings is 1. The molecule has 0 atom stereocenters. The van der Waals surface area contributed by atoms with Crippen molar-refractivity contribution in [3.05, 3.63) is 24.0 Å². The van der Waals surface area contributed by atoms with Crippen LogP contribution in [0.3, 0.4) is 0 Å². The molecule has 7 nitrogen and oxygen atoms in total. The highest BCUT2D eigenvalue weighted by Gasteiger charge is 2.36. The molecule has 0 bridgehead atoms. The second-order valence-corrected chi connectivity index (χ2v) is 9.18. The molecule has 7 heteroatoms. The Kier molecular flexibility index (Phi) is 5.97. The van der Waals surface area contributed by atoms with Crippen LogP contribution in [-0.2, 0) is 5.60 Å². The van der Waals surface area contributed by atoms with Crippen LogP contribution in [0.15, 0.2) is 18.3 Å². The van der Waals surface area contributed by atoms with Crippen molar-refractivity contribution in [3.8, 4) is 5.75 Å². The van der Waals surface area contributed by atoms with Gasteiger partial charge in [0, 0.05) is 32.2 Å². The highest BCUT2D eigenvalue weighted by Crippen LogP contribution is 2.25. The maximum absolute atomic E-state index is 12.9. The Morgan fingerprint density at radius 3 is 2.48 bits per heavy atom. The number of carbonyl (C=O) groups excluding carboxylic acids is 1. The lowest BCUT2D eigenvalue weighted by Crippen LogP contribution is -2.60. The smallest absolute Gasteiger partial charge is 0.320 e. The van der Waals surface area contributed by atoms with Gasteiger partial charge in [-0.2, -0.15) is 0 Å². The molecule has 3 aliphatic rings. The number of amides is 2. The van der Waals surface area contributed by atoms with Crippen molar-refractivity contribution in [2.24, 2.45) is 0 Å². The summed E-state index contributed by atoms with van der Waals surface area (Å²) in [6, 6.07) is 4.50. The van der Waals surface area contributed by atoms with Crippen LogP contribution >= 0.6 is 0 Å². The number of likely N-dealkylation sites (tertiary alicyclic amines) is 1. The molecule has 0 radical (unpaired) electrons. The average molecular weight is 403 g/mol. The highest BCUT2D eigenvalue weighted by atomic mass is 16.5. The molecule has 4 rings (SSSR count). The number of nitrogens with zero attached hydrogens (tertiary/aromatic N) is 4. The average Bonchev–Trinajstić information content (AvgIpc) is 3.08. The second-order valence-electron chi connectivity index (χ2n) is 9.18. The van der Waals surface area contributed by atoms with E-state index in [-0.39, 0.29) is 12.1 Å². The van der Waals surface area contributed by atoms with E-state index in [2.05, 4.69) is 9.88 Å². The summed E-state index contributed by atoms with van der Waals surface area (Å²) in [5.74, 6) is 0.678. The summed E-state index contributed by atoms with van der Waals surface area (Å²) >= 11 is 0. The minimum atomic E-state index is -0.960. The molecule has 3 fully saturated rings. The molecule has 3 heterocycles. The molecule has 1 saturated carbocycles. The topological polar surface area (TPSA) is 69.1 Å². The van der Waals surface area contributed by atoms with E-state index in [9.17, 15) is 9.90 Å². The number of ether oxygens (including phenoxy) is 1. The van der Waals surface area contributed by atoms with Crippen molar-refractivity contribution >= 4 is 6.03 Å². The molecule has 2 saturated heterocycles. The monoisotopic (exact) mass is 402 g/mol. The summed E-state index contributed by atoms with van der Waals surface area (Å²) in [5.41, 5.74) is -0.346. The minimum Gasteiger partial charge on any atom is -0.485 e. The van der Waals surface area contributed by atoms with Gasteiger partial charge in [0.15, 0.2) is 0 Å². The number of urea groups is 1. The standard InChI is InChI=1S/C22H34N4O3/c1-22(2,28)20-9-8-18(14-23-20)29-19-15-26(16-19)21(27)25-11-5-10-24(12-13-25)17-6-3-4-7-17/h8-9,14,17,19,28H,3-7,10-13,15-16H2,1-2H3. The third-order valence-corrected chi connectivity index (χ3v) is 6.43. The predicted octanol–water partition coefficient (Wildman–Crippen LogP) is 2.44. The number of aromatic nitrogens is 1. The van der Waals surface area contributed by atoms with Crippen LogP contribution in [0.4, 0.5) is 4.79 Å². The van der Waals surface area contributed by atoms with E-state index in [1.807, 2.05) is 15.9 Å². The molecule has 2 aliphatic heterocycles. The molecule has 0 aromatic carbocycles. The van der Waals surface area contributed by atoms with E-state index in [4.69, 9.17) is 4.74 Å². The minimum absolute atomic E-state index is 0.00991. The first-order valence-corrected chi connectivity index (χ1v) is 11.0. The molecule has 0 unspecified atom stereocenters. The van der Waals surface area contributed by atoms with E-state index in [1.54, 1.807) is 26.1 Å². The van der Waals surface area contributed by atoms with Gasteiger partial charge in [0.2, 0.25) is 0 Å². The van der Waals surface area contributed by atoms with Crippen molar-refractivity contribution < 1.29 is 14.6 Å². The SMILES string of the molecule is CC(C)(O)c1ccc(OC2CN(C(=O)N3CCCN(C4CCCC4)CC3)C2)cn1. The number of hydrogen-bond donors (Lipinski definition) is 1. The maximum atomic E-state index is 12.9. The van der Waals surface area contributed by atoms with E-state index < -0.39 is 5.60 Å². The van der Waals surface area contributed by atoms with Gasteiger partial charge in [-0.15, -0.1) is 0 Å². The van der Waals surface area contributed by atoms with Crippen LogP contribution in [0.5, 0.6) is 5.75 Å². The van der Waals surface area contributed by atoms with Gasteiger partial charge < -0.3 is 19.6 Å². The lowest BCUT2D eigenvalue weighted by atomic mass is 10.1. The zero-order valence-corrected chi connectivity index (χ0v) is 17.7. The molecule has 1 N–H and O–H groups in total. The van der Waals surface area contributed by atoms with Gasteiger partial charge in [-0.3, -0.25) is 9.88 Å². The summed E-state index contributed by atoms with van der Waals surface area (Å²) in [6.45, 7) is 8.47. The molecule has 1 aromatic heterocycles. The predicted molar refractivity (Wildman–Crippen MR) is 111 cm³/mol. The maximum Gasteiger partial charge on any atom is 0.320 e.